The maximum Gasteiger partial charge on any atom is 0.202 e. The Labute approximate surface area is 167 Å². The Morgan fingerprint density at radius 3 is 2.62 bits per heavy atom. The Bertz CT molecular complexity index is 1330. The van der Waals surface area contributed by atoms with Gasteiger partial charge in [0.1, 0.15) is 22.8 Å². The zero-order chi connectivity index (χ0) is 20.0. The van der Waals surface area contributed by atoms with Gasteiger partial charge >= 0.3 is 0 Å². The number of fused-ring (bicyclic) bond motifs is 1. The monoisotopic (exact) mass is 385 g/mol. The van der Waals surface area contributed by atoms with E-state index < -0.39 is 0 Å². The number of aryl methyl sites for hydroxylation is 2. The van der Waals surface area contributed by atoms with Crippen molar-refractivity contribution >= 4 is 5.65 Å². The summed E-state index contributed by atoms with van der Waals surface area (Å²) in [6.07, 6.45) is 5.82. The van der Waals surface area contributed by atoms with Gasteiger partial charge in [-0.3, -0.25) is 4.68 Å². The van der Waals surface area contributed by atoms with Crippen LogP contribution in [0, 0.1) is 6.92 Å². The van der Waals surface area contributed by atoms with E-state index in [-0.39, 0.29) is 0 Å². The number of nitrogens with zero attached hydrogens (tertiary/aromatic N) is 7. The van der Waals surface area contributed by atoms with Crippen LogP contribution in [0.2, 0.25) is 0 Å². The van der Waals surface area contributed by atoms with Crippen molar-refractivity contribution in [1.82, 2.24) is 33.9 Å². The van der Waals surface area contributed by atoms with Gasteiger partial charge in [-0.1, -0.05) is 6.07 Å². The molecule has 0 saturated carbocycles. The third kappa shape index (κ3) is 3.04. The smallest absolute Gasteiger partial charge is 0.202 e. The van der Waals surface area contributed by atoms with E-state index in [1.165, 1.54) is 0 Å². The molecule has 0 saturated heterocycles. The van der Waals surface area contributed by atoms with E-state index in [2.05, 4.69) is 5.10 Å². The first-order valence-electron chi connectivity index (χ1n) is 9.18. The van der Waals surface area contributed by atoms with Crippen LogP contribution in [-0.4, -0.2) is 41.0 Å². The summed E-state index contributed by atoms with van der Waals surface area (Å²) in [7, 11) is 3.51. The fourth-order valence-corrected chi connectivity index (χ4v) is 3.23. The van der Waals surface area contributed by atoms with Gasteiger partial charge in [0.2, 0.25) is 5.82 Å². The maximum atomic E-state index is 5.38. The molecule has 4 heterocycles. The van der Waals surface area contributed by atoms with Crippen LogP contribution in [0.5, 0.6) is 5.75 Å². The Balaban J connectivity index is 1.72. The first-order chi connectivity index (χ1) is 14.1. The first-order valence-corrected chi connectivity index (χ1v) is 9.18. The predicted molar refractivity (Wildman–Crippen MR) is 109 cm³/mol. The standard InChI is InChI=1S/C21H19N7O/c1-14-7-10-27-13-18(22-19(27)11-14)21-23-20(17-8-9-26(2)24-17)25-28(21)15-5-4-6-16(12-15)29-3/h4-13H,1-3H3. The van der Waals surface area contributed by atoms with E-state index in [4.69, 9.17) is 19.8 Å². The molecule has 0 amide bonds. The van der Waals surface area contributed by atoms with Gasteiger partial charge in [-0.15, -0.1) is 5.10 Å². The van der Waals surface area contributed by atoms with Crippen molar-refractivity contribution in [3.05, 3.63) is 66.6 Å². The molecule has 0 unspecified atom stereocenters. The van der Waals surface area contributed by atoms with Gasteiger partial charge < -0.3 is 9.14 Å². The van der Waals surface area contributed by atoms with Crippen molar-refractivity contribution in [2.45, 2.75) is 6.92 Å². The zero-order valence-corrected chi connectivity index (χ0v) is 16.3. The minimum Gasteiger partial charge on any atom is -0.497 e. The molecule has 0 aliphatic rings. The number of rotatable bonds is 4. The second kappa shape index (κ2) is 6.59. The molecule has 0 spiro atoms. The molecule has 0 aliphatic carbocycles. The van der Waals surface area contributed by atoms with Gasteiger partial charge in [-0.05, 0) is 42.8 Å². The number of aromatic nitrogens is 7. The molecule has 29 heavy (non-hydrogen) atoms. The quantitative estimate of drug-likeness (QED) is 0.474. The summed E-state index contributed by atoms with van der Waals surface area (Å²) in [6, 6.07) is 13.7. The Morgan fingerprint density at radius 1 is 0.931 bits per heavy atom. The molecule has 8 heteroatoms. The van der Waals surface area contributed by atoms with Crippen molar-refractivity contribution in [2.75, 3.05) is 7.11 Å². The molecule has 4 aromatic heterocycles. The summed E-state index contributed by atoms with van der Waals surface area (Å²) in [5.74, 6) is 1.92. The molecule has 0 fully saturated rings. The van der Waals surface area contributed by atoms with Gasteiger partial charge in [-0.2, -0.15) is 5.10 Å². The minimum atomic E-state index is 0.539. The van der Waals surface area contributed by atoms with E-state index in [0.717, 1.165) is 28.3 Å². The van der Waals surface area contributed by atoms with Gasteiger partial charge in [0.25, 0.3) is 0 Å². The highest BCUT2D eigenvalue weighted by Crippen LogP contribution is 2.26. The summed E-state index contributed by atoms with van der Waals surface area (Å²) in [5.41, 5.74) is 4.28. The number of hydrogen-bond donors (Lipinski definition) is 0. The average molecular weight is 385 g/mol. The predicted octanol–water partition coefficient (Wildman–Crippen LogP) is 3.30. The third-order valence-electron chi connectivity index (χ3n) is 4.69. The van der Waals surface area contributed by atoms with Crippen molar-refractivity contribution in [3.63, 3.8) is 0 Å². The lowest BCUT2D eigenvalue weighted by Gasteiger charge is -2.06. The van der Waals surface area contributed by atoms with Crippen LogP contribution in [0.25, 0.3) is 34.4 Å². The first kappa shape index (κ1) is 17.2. The van der Waals surface area contributed by atoms with Gasteiger partial charge in [0.15, 0.2) is 5.82 Å². The van der Waals surface area contributed by atoms with E-state index in [9.17, 15) is 0 Å². The fourth-order valence-electron chi connectivity index (χ4n) is 3.23. The number of imidazole rings is 1. The van der Waals surface area contributed by atoms with E-state index in [1.54, 1.807) is 16.5 Å². The average Bonchev–Trinajstić information content (AvgIpc) is 3.44. The molecule has 0 bridgehead atoms. The summed E-state index contributed by atoms with van der Waals surface area (Å²) in [6.45, 7) is 2.05. The van der Waals surface area contributed by atoms with E-state index >= 15 is 0 Å². The van der Waals surface area contributed by atoms with Crippen LogP contribution in [0.4, 0.5) is 0 Å². The van der Waals surface area contributed by atoms with Crippen LogP contribution < -0.4 is 4.74 Å². The molecule has 8 nitrogen and oxygen atoms in total. The lowest BCUT2D eigenvalue weighted by Crippen LogP contribution is -2.00. The van der Waals surface area contributed by atoms with Crippen molar-refractivity contribution in [2.24, 2.45) is 7.05 Å². The summed E-state index contributed by atoms with van der Waals surface area (Å²) in [4.78, 5) is 9.54. The second-order valence-electron chi connectivity index (χ2n) is 6.84. The number of benzene rings is 1. The Kier molecular flexibility index (Phi) is 3.90. The van der Waals surface area contributed by atoms with Crippen LogP contribution in [0.15, 0.2) is 61.1 Å². The Morgan fingerprint density at radius 2 is 1.83 bits per heavy atom. The van der Waals surface area contributed by atoms with E-state index in [0.29, 0.717) is 17.3 Å². The van der Waals surface area contributed by atoms with Gasteiger partial charge in [0.05, 0.1) is 12.8 Å². The van der Waals surface area contributed by atoms with Crippen LogP contribution in [-0.2, 0) is 7.05 Å². The minimum absolute atomic E-state index is 0.539. The van der Waals surface area contributed by atoms with Gasteiger partial charge in [0, 0.05) is 31.7 Å². The zero-order valence-electron chi connectivity index (χ0n) is 16.3. The highest BCUT2D eigenvalue weighted by molar-refractivity contribution is 5.62. The number of ether oxygens (including phenoxy) is 1. The molecule has 0 atom stereocenters. The normalized spacial score (nSPS) is 11.3. The largest absolute Gasteiger partial charge is 0.497 e. The summed E-state index contributed by atoms with van der Waals surface area (Å²) >= 11 is 0. The summed E-state index contributed by atoms with van der Waals surface area (Å²) < 4.78 is 10.9. The van der Waals surface area contributed by atoms with Crippen LogP contribution in [0.3, 0.4) is 0 Å². The highest BCUT2D eigenvalue weighted by Gasteiger charge is 2.19. The molecular formula is C21H19N7O. The molecule has 5 aromatic rings. The molecule has 0 radical (unpaired) electrons. The van der Waals surface area contributed by atoms with Crippen LogP contribution in [0.1, 0.15) is 5.56 Å². The van der Waals surface area contributed by atoms with Gasteiger partial charge in [-0.25, -0.2) is 14.6 Å². The topological polar surface area (TPSA) is 75.1 Å². The summed E-state index contributed by atoms with van der Waals surface area (Å²) in [5, 5.41) is 9.17. The lowest BCUT2D eigenvalue weighted by atomic mass is 10.3. The molecule has 1 aromatic carbocycles. The number of methoxy groups -OCH3 is 1. The fraction of sp³-hybridized carbons (Fsp3) is 0.143. The molecule has 5 rings (SSSR count). The lowest BCUT2D eigenvalue weighted by molar-refractivity contribution is 0.414. The maximum absolute atomic E-state index is 5.38. The second-order valence-corrected chi connectivity index (χ2v) is 6.84. The molecule has 144 valence electrons. The SMILES string of the molecule is COc1cccc(-n2nc(-c3ccn(C)n3)nc2-c2cn3ccc(C)cc3n2)c1. The van der Waals surface area contributed by atoms with Crippen molar-refractivity contribution in [3.8, 4) is 34.5 Å². The highest BCUT2D eigenvalue weighted by atomic mass is 16.5. The number of hydrogen-bond acceptors (Lipinski definition) is 5. The van der Waals surface area contributed by atoms with Crippen molar-refractivity contribution < 1.29 is 4.74 Å². The molecule has 0 N–H and O–H groups in total. The van der Waals surface area contributed by atoms with E-state index in [1.807, 2.05) is 79.4 Å². The third-order valence-corrected chi connectivity index (χ3v) is 4.69. The molecular weight excluding hydrogens is 366 g/mol. The van der Waals surface area contributed by atoms with Crippen molar-refractivity contribution in [1.29, 1.82) is 0 Å². The Hall–Kier alpha value is -3.94. The molecule has 0 aliphatic heterocycles. The van der Waals surface area contributed by atoms with Crippen LogP contribution >= 0.6 is 0 Å². The number of pyridine rings is 1.